The van der Waals surface area contributed by atoms with Crippen LogP contribution in [-0.4, -0.2) is 12.7 Å². The fourth-order valence-corrected chi connectivity index (χ4v) is 0.897. The molecule has 0 radical (unpaired) electrons. The van der Waals surface area contributed by atoms with Gasteiger partial charge in [-0.05, 0) is 20.8 Å². The molecule has 0 rings (SSSR count). The van der Waals surface area contributed by atoms with Crippen molar-refractivity contribution in [2.24, 2.45) is 0 Å². The van der Waals surface area contributed by atoms with Gasteiger partial charge < -0.3 is 4.52 Å². The van der Waals surface area contributed by atoms with Gasteiger partial charge in [0.05, 0.1) is 5.60 Å². The Hall–Kier alpha value is -0.150. The molecule has 4 nitrogen and oxygen atoms in total. The average Bonchev–Trinajstić information content (AvgIpc) is 1.99. The van der Waals surface area contributed by atoms with Crippen molar-refractivity contribution in [2.45, 2.75) is 26.4 Å². The molecule has 1 atom stereocenters. The number of hydrogen-bond acceptors (Lipinski definition) is 4. The van der Waals surface area contributed by atoms with E-state index in [4.69, 9.17) is 4.89 Å². The van der Waals surface area contributed by atoms with E-state index in [2.05, 4.69) is 15.8 Å². The summed E-state index contributed by atoms with van der Waals surface area (Å²) in [5.74, 6) is 1.10. The Morgan fingerprint density at radius 1 is 1.42 bits per heavy atom. The second kappa shape index (κ2) is 4.19. The van der Waals surface area contributed by atoms with E-state index < -0.39 is 13.2 Å². The van der Waals surface area contributed by atoms with Crippen LogP contribution in [0.2, 0.25) is 0 Å². The van der Waals surface area contributed by atoms with Crippen molar-refractivity contribution in [1.82, 2.24) is 0 Å². The lowest BCUT2D eigenvalue weighted by atomic mass is 10.2. The molecule has 0 aliphatic carbocycles. The molecule has 0 amide bonds. The van der Waals surface area contributed by atoms with Crippen LogP contribution < -0.4 is 0 Å². The highest BCUT2D eigenvalue weighted by Crippen LogP contribution is 2.49. The summed E-state index contributed by atoms with van der Waals surface area (Å²) in [6.45, 7) is 8.63. The lowest BCUT2D eigenvalue weighted by Crippen LogP contribution is -2.18. The van der Waals surface area contributed by atoms with Crippen molar-refractivity contribution < 1.29 is 18.7 Å². The lowest BCUT2D eigenvalue weighted by Gasteiger charge is -2.19. The maximum atomic E-state index is 11.3. The third kappa shape index (κ3) is 4.67. The van der Waals surface area contributed by atoms with Gasteiger partial charge in [0, 0.05) is 12.9 Å². The van der Waals surface area contributed by atoms with Crippen LogP contribution in [0.15, 0.2) is 12.4 Å². The minimum absolute atomic E-state index is 0.517. The highest BCUT2D eigenvalue weighted by atomic mass is 31.2. The summed E-state index contributed by atoms with van der Waals surface area (Å²) in [6.07, 6.45) is 0. The van der Waals surface area contributed by atoms with Gasteiger partial charge in [-0.3, -0.25) is 4.57 Å². The Morgan fingerprint density at radius 3 is 2.17 bits per heavy atom. The van der Waals surface area contributed by atoms with Crippen LogP contribution in [0.5, 0.6) is 0 Å². The topological polar surface area (TPSA) is 44.8 Å². The SMILES string of the molecule is C=CP(=O)(OC)OOC(C)(C)C. The Kier molecular flexibility index (Phi) is 4.14. The van der Waals surface area contributed by atoms with Gasteiger partial charge in [0.1, 0.15) is 0 Å². The molecule has 0 aromatic heterocycles. The fraction of sp³-hybridized carbons (Fsp3) is 0.714. The number of hydrogen-bond donors (Lipinski definition) is 0. The molecule has 0 spiro atoms. The van der Waals surface area contributed by atoms with Crippen LogP contribution in [0.3, 0.4) is 0 Å². The van der Waals surface area contributed by atoms with Gasteiger partial charge in [-0.25, -0.2) is 4.89 Å². The molecular weight excluding hydrogens is 179 g/mol. The Balaban J connectivity index is 4.08. The zero-order valence-electron chi connectivity index (χ0n) is 7.86. The molecule has 0 N–H and O–H groups in total. The van der Waals surface area contributed by atoms with E-state index >= 15 is 0 Å². The summed E-state index contributed by atoms with van der Waals surface area (Å²) >= 11 is 0. The Bertz CT molecular complexity index is 194. The molecule has 0 fully saturated rings. The quantitative estimate of drug-likeness (QED) is 0.392. The summed E-state index contributed by atoms with van der Waals surface area (Å²) in [4.78, 5) is 4.82. The summed E-state index contributed by atoms with van der Waals surface area (Å²) in [6, 6.07) is 0. The average molecular weight is 194 g/mol. The van der Waals surface area contributed by atoms with Gasteiger partial charge in [0.25, 0.3) is 0 Å². The first-order chi connectivity index (χ1) is 5.33. The van der Waals surface area contributed by atoms with E-state index in [0.29, 0.717) is 0 Å². The third-order valence-electron chi connectivity index (χ3n) is 0.869. The van der Waals surface area contributed by atoms with Gasteiger partial charge in [0.2, 0.25) is 0 Å². The zero-order valence-corrected chi connectivity index (χ0v) is 8.76. The van der Waals surface area contributed by atoms with Crippen LogP contribution in [0, 0.1) is 0 Å². The summed E-state index contributed by atoms with van der Waals surface area (Å²) in [7, 11) is -1.96. The molecule has 0 bridgehead atoms. The van der Waals surface area contributed by atoms with E-state index in [1.807, 2.05) is 0 Å². The second-order valence-corrected chi connectivity index (χ2v) is 5.13. The number of rotatable bonds is 4. The molecule has 0 aliphatic heterocycles. The second-order valence-electron chi connectivity index (χ2n) is 3.18. The fourth-order valence-electron chi connectivity index (χ4n) is 0.299. The summed E-state index contributed by atoms with van der Waals surface area (Å²) in [5.41, 5.74) is -0.517. The Morgan fingerprint density at radius 2 is 1.92 bits per heavy atom. The van der Waals surface area contributed by atoms with E-state index in [1.54, 1.807) is 20.8 Å². The molecule has 0 aromatic rings. The highest BCUT2D eigenvalue weighted by molar-refractivity contribution is 7.57. The molecule has 5 heteroatoms. The molecule has 0 aromatic carbocycles. The van der Waals surface area contributed by atoms with Crippen molar-refractivity contribution in [3.05, 3.63) is 12.4 Å². The van der Waals surface area contributed by atoms with Gasteiger partial charge >= 0.3 is 7.60 Å². The minimum Gasteiger partial charge on any atom is -0.307 e. The molecule has 0 heterocycles. The molecule has 0 saturated carbocycles. The molecule has 72 valence electrons. The lowest BCUT2D eigenvalue weighted by molar-refractivity contribution is -0.279. The summed E-state index contributed by atoms with van der Waals surface area (Å²) in [5, 5.41) is 0. The van der Waals surface area contributed by atoms with Crippen molar-refractivity contribution >= 4 is 7.60 Å². The van der Waals surface area contributed by atoms with Crippen molar-refractivity contribution in [3.63, 3.8) is 0 Å². The molecule has 0 saturated heterocycles. The predicted octanol–water partition coefficient (Wildman–Crippen LogP) is 2.72. The molecular formula is C7H15O4P. The highest BCUT2D eigenvalue weighted by Gasteiger charge is 2.23. The zero-order chi connectivity index (χ0) is 9.83. The van der Waals surface area contributed by atoms with E-state index in [0.717, 1.165) is 5.82 Å². The largest absolute Gasteiger partial charge is 0.380 e. The summed E-state index contributed by atoms with van der Waals surface area (Å²) < 4.78 is 20.5. The van der Waals surface area contributed by atoms with Gasteiger partial charge in [0.15, 0.2) is 0 Å². The van der Waals surface area contributed by atoms with E-state index in [1.165, 1.54) is 7.11 Å². The standard InChI is InChI=1S/C7H15O4P/c1-6-12(8,9-5)11-10-7(2,3)4/h6H,1H2,2-5H3. The smallest absolute Gasteiger partial charge is 0.307 e. The van der Waals surface area contributed by atoms with Crippen molar-refractivity contribution in [2.75, 3.05) is 7.11 Å². The predicted molar refractivity (Wildman–Crippen MR) is 46.7 cm³/mol. The van der Waals surface area contributed by atoms with Crippen LogP contribution in [0.4, 0.5) is 0 Å². The first kappa shape index (κ1) is 11.8. The van der Waals surface area contributed by atoms with Crippen LogP contribution in [-0.2, 0) is 18.7 Å². The van der Waals surface area contributed by atoms with E-state index in [9.17, 15) is 4.57 Å². The van der Waals surface area contributed by atoms with Crippen LogP contribution >= 0.6 is 7.60 Å². The van der Waals surface area contributed by atoms with Gasteiger partial charge in [-0.2, -0.15) is 0 Å². The first-order valence-electron chi connectivity index (χ1n) is 3.49. The first-order valence-corrected chi connectivity index (χ1v) is 5.11. The van der Waals surface area contributed by atoms with Crippen molar-refractivity contribution in [3.8, 4) is 0 Å². The normalized spacial score (nSPS) is 17.0. The maximum Gasteiger partial charge on any atom is 0.380 e. The van der Waals surface area contributed by atoms with Crippen LogP contribution in [0.1, 0.15) is 20.8 Å². The third-order valence-corrected chi connectivity index (χ3v) is 2.11. The molecule has 12 heavy (non-hydrogen) atoms. The molecule has 1 unspecified atom stereocenters. The van der Waals surface area contributed by atoms with Crippen LogP contribution in [0.25, 0.3) is 0 Å². The van der Waals surface area contributed by atoms with Crippen molar-refractivity contribution in [1.29, 1.82) is 0 Å². The maximum absolute atomic E-state index is 11.3. The Labute approximate surface area is 73.0 Å². The molecule has 0 aliphatic rings. The van der Waals surface area contributed by atoms with Gasteiger partial charge in [-0.15, -0.1) is 4.67 Å². The minimum atomic E-state index is -3.24. The van der Waals surface area contributed by atoms with Gasteiger partial charge in [-0.1, -0.05) is 6.58 Å². The van der Waals surface area contributed by atoms with E-state index in [-0.39, 0.29) is 0 Å². The monoisotopic (exact) mass is 194 g/mol.